The fraction of sp³-hybridized carbons (Fsp3) is 0.417. The molecular weight excluding hydrogens is 268 g/mol. The minimum atomic E-state index is -3.56. The molecular formula is C12H16N2O4S. The highest BCUT2D eigenvalue weighted by molar-refractivity contribution is 7.89. The van der Waals surface area contributed by atoms with Crippen LogP contribution in [0.2, 0.25) is 0 Å². The third-order valence-corrected chi connectivity index (χ3v) is 4.18. The highest BCUT2D eigenvalue weighted by Crippen LogP contribution is 2.17. The van der Waals surface area contributed by atoms with Crippen LogP contribution in [0.3, 0.4) is 0 Å². The van der Waals surface area contributed by atoms with Gasteiger partial charge >= 0.3 is 5.76 Å². The van der Waals surface area contributed by atoms with E-state index in [0.29, 0.717) is 17.6 Å². The van der Waals surface area contributed by atoms with Crippen molar-refractivity contribution in [3.05, 3.63) is 28.7 Å². The van der Waals surface area contributed by atoms with Crippen molar-refractivity contribution in [1.29, 1.82) is 0 Å². The van der Waals surface area contributed by atoms with Crippen LogP contribution in [0.1, 0.15) is 13.8 Å². The normalized spacial score (nSPS) is 12.4. The van der Waals surface area contributed by atoms with E-state index in [-0.39, 0.29) is 10.8 Å². The fourth-order valence-electron chi connectivity index (χ4n) is 1.63. The average Bonchev–Trinajstić information content (AvgIpc) is 2.63. The number of aryl methyl sites for hydroxylation is 1. The molecule has 1 heterocycles. The minimum absolute atomic E-state index is 0.122. The first kappa shape index (κ1) is 13.8. The van der Waals surface area contributed by atoms with Crippen LogP contribution < -0.4 is 10.5 Å². The molecule has 0 saturated heterocycles. The van der Waals surface area contributed by atoms with Gasteiger partial charge in [0, 0.05) is 13.6 Å². The zero-order valence-corrected chi connectivity index (χ0v) is 11.8. The van der Waals surface area contributed by atoms with Gasteiger partial charge in [-0.2, -0.15) is 0 Å². The number of benzene rings is 1. The van der Waals surface area contributed by atoms with Gasteiger partial charge in [-0.3, -0.25) is 4.57 Å². The molecule has 0 unspecified atom stereocenters. The Kier molecular flexibility index (Phi) is 3.51. The van der Waals surface area contributed by atoms with Gasteiger partial charge in [-0.25, -0.2) is 17.9 Å². The molecule has 0 aliphatic heterocycles. The third-order valence-electron chi connectivity index (χ3n) is 2.75. The van der Waals surface area contributed by atoms with Crippen LogP contribution >= 0.6 is 0 Å². The Morgan fingerprint density at radius 3 is 2.68 bits per heavy atom. The van der Waals surface area contributed by atoms with Crippen LogP contribution in [-0.2, 0) is 17.1 Å². The van der Waals surface area contributed by atoms with E-state index in [1.54, 1.807) is 0 Å². The zero-order chi connectivity index (χ0) is 14.2. The molecule has 19 heavy (non-hydrogen) atoms. The monoisotopic (exact) mass is 284 g/mol. The Morgan fingerprint density at radius 1 is 1.37 bits per heavy atom. The molecule has 0 radical (unpaired) electrons. The molecule has 104 valence electrons. The number of fused-ring (bicyclic) bond motifs is 1. The van der Waals surface area contributed by atoms with Gasteiger partial charge in [-0.1, -0.05) is 13.8 Å². The van der Waals surface area contributed by atoms with Gasteiger partial charge in [-0.05, 0) is 24.1 Å². The van der Waals surface area contributed by atoms with Crippen molar-refractivity contribution in [1.82, 2.24) is 9.29 Å². The van der Waals surface area contributed by atoms with Gasteiger partial charge in [0.15, 0.2) is 5.58 Å². The summed E-state index contributed by atoms with van der Waals surface area (Å²) in [5, 5.41) is 0. The molecule has 0 bridgehead atoms. The van der Waals surface area contributed by atoms with E-state index >= 15 is 0 Å². The number of hydrogen-bond donors (Lipinski definition) is 1. The van der Waals surface area contributed by atoms with Crippen LogP contribution in [0.5, 0.6) is 0 Å². The van der Waals surface area contributed by atoms with Gasteiger partial charge in [0.2, 0.25) is 10.0 Å². The highest BCUT2D eigenvalue weighted by Gasteiger charge is 2.16. The Hall–Kier alpha value is -1.60. The first-order chi connectivity index (χ1) is 8.81. The molecule has 7 heteroatoms. The second-order valence-corrected chi connectivity index (χ2v) is 6.57. The molecule has 0 spiro atoms. The summed E-state index contributed by atoms with van der Waals surface area (Å²) in [4.78, 5) is 11.5. The largest absolute Gasteiger partial charge is 0.419 e. The van der Waals surface area contributed by atoms with Crippen molar-refractivity contribution in [3.8, 4) is 0 Å². The van der Waals surface area contributed by atoms with Gasteiger partial charge in [0.25, 0.3) is 0 Å². The molecule has 6 nitrogen and oxygen atoms in total. The molecule has 0 fully saturated rings. The average molecular weight is 284 g/mol. The topological polar surface area (TPSA) is 81.3 Å². The number of nitrogens with one attached hydrogen (secondary N) is 1. The molecule has 0 aliphatic rings. The standard InChI is InChI=1S/C12H16N2O4S/c1-8(2)7-13-19(16,17)9-4-5-11-10(6-9)14(3)12(15)18-11/h4-6,8,13H,7H2,1-3H3. The Morgan fingerprint density at radius 2 is 2.05 bits per heavy atom. The summed E-state index contributed by atoms with van der Waals surface area (Å²) >= 11 is 0. The van der Waals surface area contributed by atoms with Crippen molar-refractivity contribution in [2.24, 2.45) is 13.0 Å². The number of sulfonamides is 1. The lowest BCUT2D eigenvalue weighted by atomic mass is 10.2. The van der Waals surface area contributed by atoms with Crippen LogP contribution in [0.15, 0.2) is 32.3 Å². The van der Waals surface area contributed by atoms with E-state index in [2.05, 4.69) is 4.72 Å². The molecule has 0 amide bonds. The lowest BCUT2D eigenvalue weighted by Gasteiger charge is -2.08. The molecule has 1 aromatic heterocycles. The Labute approximate surface area is 111 Å². The van der Waals surface area contributed by atoms with E-state index in [1.165, 1.54) is 29.8 Å². The van der Waals surface area contributed by atoms with E-state index in [1.807, 2.05) is 13.8 Å². The smallest absolute Gasteiger partial charge is 0.408 e. The summed E-state index contributed by atoms with van der Waals surface area (Å²) in [6, 6.07) is 4.34. The second-order valence-electron chi connectivity index (χ2n) is 4.80. The van der Waals surface area contributed by atoms with E-state index in [9.17, 15) is 13.2 Å². The van der Waals surface area contributed by atoms with Crippen LogP contribution in [-0.4, -0.2) is 19.5 Å². The van der Waals surface area contributed by atoms with E-state index in [4.69, 9.17) is 4.42 Å². The summed E-state index contributed by atoms with van der Waals surface area (Å²) in [5.41, 5.74) is 0.827. The van der Waals surface area contributed by atoms with Crippen molar-refractivity contribution in [3.63, 3.8) is 0 Å². The Balaban J connectivity index is 2.45. The maximum absolute atomic E-state index is 12.1. The molecule has 2 rings (SSSR count). The number of oxazole rings is 1. The maximum Gasteiger partial charge on any atom is 0.419 e. The fourth-order valence-corrected chi connectivity index (χ4v) is 2.87. The molecule has 2 aromatic rings. The number of aromatic nitrogens is 1. The predicted molar refractivity (Wildman–Crippen MR) is 71.5 cm³/mol. The van der Waals surface area contributed by atoms with Crippen LogP contribution in [0.25, 0.3) is 11.1 Å². The SMILES string of the molecule is CC(C)CNS(=O)(=O)c1ccc2oc(=O)n(C)c2c1. The summed E-state index contributed by atoms with van der Waals surface area (Å²) in [6.45, 7) is 4.21. The first-order valence-electron chi connectivity index (χ1n) is 5.90. The third kappa shape index (κ3) is 2.71. The summed E-state index contributed by atoms with van der Waals surface area (Å²) in [5.74, 6) is -0.295. The molecule has 1 aromatic carbocycles. The van der Waals surface area contributed by atoms with Gasteiger partial charge in [0.1, 0.15) is 0 Å². The molecule has 0 atom stereocenters. The van der Waals surface area contributed by atoms with Gasteiger partial charge in [-0.15, -0.1) is 0 Å². The van der Waals surface area contributed by atoms with Crippen LogP contribution in [0.4, 0.5) is 0 Å². The minimum Gasteiger partial charge on any atom is -0.408 e. The van der Waals surface area contributed by atoms with Crippen molar-refractivity contribution in [2.75, 3.05) is 6.54 Å². The quantitative estimate of drug-likeness (QED) is 0.910. The van der Waals surface area contributed by atoms with E-state index in [0.717, 1.165) is 0 Å². The van der Waals surface area contributed by atoms with Crippen molar-refractivity contribution >= 4 is 21.1 Å². The summed E-state index contributed by atoms with van der Waals surface area (Å²) in [7, 11) is -2.03. The highest BCUT2D eigenvalue weighted by atomic mass is 32.2. The summed E-state index contributed by atoms with van der Waals surface area (Å²) < 4.78 is 32.9. The van der Waals surface area contributed by atoms with Crippen LogP contribution in [0, 0.1) is 5.92 Å². The lowest BCUT2D eigenvalue weighted by molar-refractivity contribution is 0.528. The maximum atomic E-state index is 12.1. The van der Waals surface area contributed by atoms with Gasteiger partial charge < -0.3 is 4.42 Å². The molecule has 0 saturated carbocycles. The molecule has 1 N–H and O–H groups in total. The second kappa shape index (κ2) is 4.82. The summed E-state index contributed by atoms with van der Waals surface area (Å²) in [6.07, 6.45) is 0. The van der Waals surface area contributed by atoms with Gasteiger partial charge in [0.05, 0.1) is 10.4 Å². The first-order valence-corrected chi connectivity index (χ1v) is 7.39. The van der Waals surface area contributed by atoms with E-state index < -0.39 is 15.8 Å². The predicted octanol–water partition coefficient (Wildman–Crippen LogP) is 1.07. The van der Waals surface area contributed by atoms with Crippen molar-refractivity contribution < 1.29 is 12.8 Å². The number of nitrogens with zero attached hydrogens (tertiary/aromatic N) is 1. The Bertz CT molecular complexity index is 756. The number of hydrogen-bond acceptors (Lipinski definition) is 4. The van der Waals surface area contributed by atoms with Crippen molar-refractivity contribution in [2.45, 2.75) is 18.7 Å². The lowest BCUT2D eigenvalue weighted by Crippen LogP contribution is -2.27. The molecule has 0 aliphatic carbocycles. The zero-order valence-electron chi connectivity index (χ0n) is 11.0. The number of rotatable bonds is 4.